The van der Waals surface area contributed by atoms with Crippen molar-refractivity contribution in [1.29, 1.82) is 0 Å². The Morgan fingerprint density at radius 2 is 1.74 bits per heavy atom. The highest BCUT2D eigenvalue weighted by Crippen LogP contribution is 2.25. The number of amidine groups is 1. The third-order valence-electron chi connectivity index (χ3n) is 2.97. The molecule has 0 radical (unpaired) electrons. The molecule has 0 bridgehead atoms. The summed E-state index contributed by atoms with van der Waals surface area (Å²) in [5, 5.41) is 11.8. The summed E-state index contributed by atoms with van der Waals surface area (Å²) in [7, 11) is 0. The maximum atomic E-state index is 11.9. The van der Waals surface area contributed by atoms with E-state index in [-0.39, 0.29) is 5.91 Å². The van der Waals surface area contributed by atoms with E-state index in [1.807, 2.05) is 48.5 Å². The summed E-state index contributed by atoms with van der Waals surface area (Å²) >= 11 is 7.09. The molecule has 1 N–H and O–H groups in total. The lowest BCUT2D eigenvalue weighted by Crippen LogP contribution is -2.19. The number of hydrogen-bond acceptors (Lipinski definition) is 4. The highest BCUT2D eigenvalue weighted by Gasteiger charge is 2.23. The van der Waals surface area contributed by atoms with Crippen LogP contribution in [0.3, 0.4) is 0 Å². The average Bonchev–Trinajstić information content (AvgIpc) is 2.90. The van der Waals surface area contributed by atoms with Crippen molar-refractivity contribution < 1.29 is 4.79 Å². The van der Waals surface area contributed by atoms with Crippen LogP contribution < -0.4 is 5.32 Å². The van der Waals surface area contributed by atoms with Crippen molar-refractivity contribution in [1.82, 2.24) is 5.32 Å². The molecule has 0 saturated carbocycles. The van der Waals surface area contributed by atoms with E-state index in [4.69, 9.17) is 11.6 Å². The zero-order valence-corrected chi connectivity index (χ0v) is 13.5. The highest BCUT2D eigenvalue weighted by molar-refractivity contribution is 8.18. The Kier molecular flexibility index (Phi) is 4.90. The number of hydrogen-bond donors (Lipinski definition) is 1. The molecule has 1 aliphatic heterocycles. The lowest BCUT2D eigenvalue weighted by atomic mass is 10.2. The van der Waals surface area contributed by atoms with Crippen LogP contribution in [0.2, 0.25) is 5.02 Å². The number of benzene rings is 2. The van der Waals surface area contributed by atoms with Crippen LogP contribution in [0.4, 0.5) is 0 Å². The summed E-state index contributed by atoms with van der Waals surface area (Å²) in [6.45, 7) is 0. The van der Waals surface area contributed by atoms with E-state index >= 15 is 0 Å². The van der Waals surface area contributed by atoms with E-state index in [1.165, 1.54) is 11.8 Å². The number of nitrogens with zero attached hydrogens (tertiary/aromatic N) is 2. The molecular formula is C17H12ClN3OS. The molecule has 2 aromatic carbocycles. The smallest absolute Gasteiger partial charge is 0.264 e. The fourth-order valence-electron chi connectivity index (χ4n) is 1.87. The number of rotatable bonds is 3. The second-order valence-corrected chi connectivity index (χ2v) is 6.14. The van der Waals surface area contributed by atoms with Crippen molar-refractivity contribution in [3.05, 3.63) is 75.7 Å². The summed E-state index contributed by atoms with van der Waals surface area (Å²) < 4.78 is 0. The van der Waals surface area contributed by atoms with Gasteiger partial charge in [-0.25, -0.2) is 0 Å². The highest BCUT2D eigenvalue weighted by atomic mass is 35.5. The van der Waals surface area contributed by atoms with Gasteiger partial charge in [0.15, 0.2) is 5.17 Å². The first-order valence-corrected chi connectivity index (χ1v) is 8.03. The molecule has 6 heteroatoms. The third kappa shape index (κ3) is 4.31. The predicted molar refractivity (Wildman–Crippen MR) is 96.6 cm³/mol. The van der Waals surface area contributed by atoms with Crippen LogP contribution in [0.25, 0.3) is 6.08 Å². The molecule has 4 nitrogen and oxygen atoms in total. The molecule has 1 aliphatic rings. The van der Waals surface area contributed by atoms with Crippen molar-refractivity contribution in [3.8, 4) is 0 Å². The van der Waals surface area contributed by atoms with E-state index in [2.05, 4.69) is 15.5 Å². The number of amides is 1. The monoisotopic (exact) mass is 341 g/mol. The summed E-state index contributed by atoms with van der Waals surface area (Å²) in [4.78, 5) is 12.5. The predicted octanol–water partition coefficient (Wildman–Crippen LogP) is 3.93. The van der Waals surface area contributed by atoms with Crippen molar-refractivity contribution >= 4 is 46.7 Å². The van der Waals surface area contributed by atoms with Crippen LogP contribution in [0.5, 0.6) is 0 Å². The second-order valence-electron chi connectivity index (χ2n) is 4.68. The minimum absolute atomic E-state index is 0.167. The molecule has 0 aromatic heterocycles. The maximum Gasteiger partial charge on any atom is 0.264 e. The summed E-state index contributed by atoms with van der Waals surface area (Å²) in [5.41, 5.74) is 1.85. The van der Waals surface area contributed by atoms with Gasteiger partial charge in [-0.05, 0) is 41.1 Å². The van der Waals surface area contributed by atoms with Gasteiger partial charge in [-0.15, -0.1) is 5.10 Å². The molecule has 1 amide bonds. The topological polar surface area (TPSA) is 53.8 Å². The van der Waals surface area contributed by atoms with Crippen molar-refractivity contribution in [3.63, 3.8) is 0 Å². The maximum absolute atomic E-state index is 11.9. The van der Waals surface area contributed by atoms with Gasteiger partial charge in [0.2, 0.25) is 0 Å². The van der Waals surface area contributed by atoms with Crippen LogP contribution in [0, 0.1) is 0 Å². The Labute approximate surface area is 143 Å². The van der Waals surface area contributed by atoms with Crippen LogP contribution in [-0.2, 0) is 4.79 Å². The number of carbonyl (C=O) groups is 1. The number of halogens is 1. The number of nitrogens with one attached hydrogen (secondary N) is 1. The lowest BCUT2D eigenvalue weighted by molar-refractivity contribution is -0.115. The zero-order valence-electron chi connectivity index (χ0n) is 11.9. The van der Waals surface area contributed by atoms with Crippen LogP contribution in [-0.4, -0.2) is 17.3 Å². The zero-order chi connectivity index (χ0) is 16.1. The van der Waals surface area contributed by atoms with E-state index in [0.29, 0.717) is 15.1 Å². The first kappa shape index (κ1) is 15.5. The van der Waals surface area contributed by atoms with Crippen molar-refractivity contribution in [2.75, 3.05) is 0 Å². The van der Waals surface area contributed by atoms with Gasteiger partial charge in [-0.2, -0.15) is 5.10 Å². The molecular weight excluding hydrogens is 330 g/mol. The summed E-state index contributed by atoms with van der Waals surface area (Å²) in [6, 6.07) is 16.9. The standard InChI is InChI=1S/C17H12ClN3OS/c18-14-8-6-13(7-9-14)11-19-21-17-20-16(22)15(23-17)10-12-4-2-1-3-5-12/h1-11H,(H,20,21,22)/b15-10+,19-11-. The molecule has 0 atom stereocenters. The Hall–Kier alpha value is -2.37. The van der Waals surface area contributed by atoms with Crippen LogP contribution >= 0.6 is 23.4 Å². The molecule has 3 rings (SSSR count). The lowest BCUT2D eigenvalue weighted by Gasteiger charge is -1.93. The van der Waals surface area contributed by atoms with Crippen LogP contribution in [0.15, 0.2) is 69.7 Å². The van der Waals surface area contributed by atoms with E-state index < -0.39 is 0 Å². The fourth-order valence-corrected chi connectivity index (χ4v) is 2.78. The van der Waals surface area contributed by atoms with Gasteiger partial charge in [-0.3, -0.25) is 10.1 Å². The van der Waals surface area contributed by atoms with E-state index in [1.54, 1.807) is 18.3 Å². The molecule has 1 fully saturated rings. The normalized spacial score (nSPS) is 18.0. The SMILES string of the molecule is O=C1N/C(=N\N=C/c2ccc(Cl)cc2)S/C1=C/c1ccccc1. The molecule has 0 aliphatic carbocycles. The molecule has 0 spiro atoms. The Bertz CT molecular complexity index is 798. The van der Waals surface area contributed by atoms with Gasteiger partial charge >= 0.3 is 0 Å². The van der Waals surface area contributed by atoms with E-state index in [9.17, 15) is 4.79 Å². The van der Waals surface area contributed by atoms with E-state index in [0.717, 1.165) is 11.1 Å². The molecule has 1 heterocycles. The van der Waals surface area contributed by atoms with Crippen molar-refractivity contribution in [2.24, 2.45) is 10.2 Å². The van der Waals surface area contributed by atoms with Gasteiger partial charge in [-0.1, -0.05) is 54.1 Å². The number of thioether (sulfide) groups is 1. The van der Waals surface area contributed by atoms with Gasteiger partial charge < -0.3 is 0 Å². The fraction of sp³-hybridized carbons (Fsp3) is 0. The molecule has 1 saturated heterocycles. The number of carbonyl (C=O) groups excluding carboxylic acids is 1. The van der Waals surface area contributed by atoms with Crippen LogP contribution in [0.1, 0.15) is 11.1 Å². The Morgan fingerprint density at radius 3 is 2.48 bits per heavy atom. The Morgan fingerprint density at radius 1 is 1.00 bits per heavy atom. The minimum atomic E-state index is -0.167. The average molecular weight is 342 g/mol. The first-order chi connectivity index (χ1) is 11.2. The molecule has 2 aromatic rings. The molecule has 23 heavy (non-hydrogen) atoms. The van der Waals surface area contributed by atoms with Gasteiger partial charge in [0.05, 0.1) is 11.1 Å². The largest absolute Gasteiger partial charge is 0.299 e. The summed E-state index contributed by atoms with van der Waals surface area (Å²) in [6.07, 6.45) is 3.43. The van der Waals surface area contributed by atoms with Gasteiger partial charge in [0, 0.05) is 5.02 Å². The third-order valence-corrected chi connectivity index (χ3v) is 4.13. The van der Waals surface area contributed by atoms with Gasteiger partial charge in [0.25, 0.3) is 5.91 Å². The Balaban J connectivity index is 1.69. The minimum Gasteiger partial charge on any atom is -0.299 e. The quantitative estimate of drug-likeness (QED) is 0.522. The first-order valence-electron chi connectivity index (χ1n) is 6.83. The summed E-state index contributed by atoms with van der Waals surface area (Å²) in [5.74, 6) is -0.167. The van der Waals surface area contributed by atoms with Crippen molar-refractivity contribution in [2.45, 2.75) is 0 Å². The molecule has 0 unspecified atom stereocenters. The molecule has 114 valence electrons. The van der Waals surface area contributed by atoms with Gasteiger partial charge in [0.1, 0.15) is 0 Å². The second kappa shape index (κ2) is 7.26.